The number of aryl methyl sites for hydroxylation is 1. The maximum Gasteiger partial charge on any atom is 0.275 e. The number of aromatic nitrogens is 4. The second kappa shape index (κ2) is 6.24. The van der Waals surface area contributed by atoms with Crippen LogP contribution in [0.1, 0.15) is 35.7 Å². The Bertz CT molecular complexity index is 817. The van der Waals surface area contributed by atoms with Gasteiger partial charge in [0.15, 0.2) is 5.69 Å². The number of amides is 1. The molecule has 3 aromatic rings. The van der Waals surface area contributed by atoms with Crippen LogP contribution in [0.15, 0.2) is 30.6 Å². The van der Waals surface area contributed by atoms with Gasteiger partial charge in [0.1, 0.15) is 0 Å². The Morgan fingerprint density at radius 1 is 1.30 bits per heavy atom. The van der Waals surface area contributed by atoms with Crippen LogP contribution in [0, 0.1) is 12.8 Å². The van der Waals surface area contributed by atoms with Gasteiger partial charge in [-0.25, -0.2) is 4.98 Å². The number of aromatic amines is 2. The average molecular weight is 311 g/mol. The van der Waals surface area contributed by atoms with Gasteiger partial charge in [-0.2, -0.15) is 5.10 Å². The van der Waals surface area contributed by atoms with E-state index in [0.717, 1.165) is 22.3 Å². The summed E-state index contributed by atoms with van der Waals surface area (Å²) in [5, 5.41) is 8.01. The Kier molecular flexibility index (Phi) is 4.14. The van der Waals surface area contributed by atoms with Gasteiger partial charge in [0.2, 0.25) is 0 Å². The summed E-state index contributed by atoms with van der Waals surface area (Å²) in [5.41, 5.74) is 3.21. The van der Waals surface area contributed by atoms with Gasteiger partial charge in [0, 0.05) is 17.6 Å². The first-order valence-electron chi connectivity index (χ1n) is 7.77. The Morgan fingerprint density at radius 3 is 2.78 bits per heavy atom. The number of carbonyl (C=O) groups excluding carboxylic acids is 1. The Balaban J connectivity index is 1.92. The minimum atomic E-state index is -0.0708. The predicted molar refractivity (Wildman–Crippen MR) is 89.0 cm³/mol. The van der Waals surface area contributed by atoms with Crippen molar-refractivity contribution in [2.24, 2.45) is 5.92 Å². The van der Waals surface area contributed by atoms with E-state index in [4.69, 9.17) is 0 Å². The Labute approximate surface area is 134 Å². The number of benzene rings is 1. The molecule has 0 aliphatic carbocycles. The van der Waals surface area contributed by atoms with Crippen LogP contribution in [-0.2, 0) is 6.54 Å². The zero-order valence-electron chi connectivity index (χ0n) is 13.6. The summed E-state index contributed by atoms with van der Waals surface area (Å²) in [7, 11) is 0. The highest BCUT2D eigenvalue weighted by Gasteiger charge is 2.23. The number of carbonyl (C=O) groups is 1. The molecule has 0 aliphatic rings. The maximum absolute atomic E-state index is 13.0. The molecular formula is C17H21N5O. The van der Waals surface area contributed by atoms with Crippen LogP contribution in [0.2, 0.25) is 0 Å². The third-order valence-corrected chi connectivity index (χ3v) is 3.82. The molecule has 3 rings (SSSR count). The van der Waals surface area contributed by atoms with E-state index < -0.39 is 0 Å². The van der Waals surface area contributed by atoms with Gasteiger partial charge >= 0.3 is 0 Å². The molecule has 2 heterocycles. The van der Waals surface area contributed by atoms with Gasteiger partial charge in [-0.05, 0) is 18.9 Å². The van der Waals surface area contributed by atoms with E-state index in [1.54, 1.807) is 6.33 Å². The molecule has 0 radical (unpaired) electrons. The number of H-pyrrole nitrogens is 2. The van der Waals surface area contributed by atoms with Crippen LogP contribution in [0.4, 0.5) is 0 Å². The lowest BCUT2D eigenvalue weighted by atomic mass is 10.1. The largest absolute Gasteiger partial charge is 0.348 e. The molecule has 0 fully saturated rings. The molecule has 6 heteroatoms. The van der Waals surface area contributed by atoms with Crippen LogP contribution in [0.3, 0.4) is 0 Å². The molecule has 1 amide bonds. The van der Waals surface area contributed by atoms with Crippen molar-refractivity contribution in [1.82, 2.24) is 25.1 Å². The number of imidazole rings is 1. The topological polar surface area (TPSA) is 77.7 Å². The van der Waals surface area contributed by atoms with Crippen LogP contribution in [0.5, 0.6) is 0 Å². The van der Waals surface area contributed by atoms with Crippen molar-refractivity contribution in [1.29, 1.82) is 0 Å². The van der Waals surface area contributed by atoms with Gasteiger partial charge in [0.25, 0.3) is 5.91 Å². The summed E-state index contributed by atoms with van der Waals surface area (Å²) < 4.78 is 0. The number of hydrogen-bond donors (Lipinski definition) is 2. The van der Waals surface area contributed by atoms with Crippen molar-refractivity contribution in [2.75, 3.05) is 6.54 Å². The van der Waals surface area contributed by atoms with Gasteiger partial charge in [0.05, 0.1) is 24.1 Å². The number of nitrogens with zero attached hydrogens (tertiary/aromatic N) is 3. The monoisotopic (exact) mass is 311 g/mol. The number of nitrogens with one attached hydrogen (secondary N) is 2. The fraction of sp³-hybridized carbons (Fsp3) is 0.353. The van der Waals surface area contributed by atoms with Crippen molar-refractivity contribution < 1.29 is 4.79 Å². The zero-order chi connectivity index (χ0) is 16.4. The zero-order valence-corrected chi connectivity index (χ0v) is 13.6. The number of fused-ring (bicyclic) bond motifs is 1. The number of rotatable bonds is 5. The van der Waals surface area contributed by atoms with Crippen molar-refractivity contribution in [3.8, 4) is 0 Å². The first-order valence-corrected chi connectivity index (χ1v) is 7.77. The third-order valence-electron chi connectivity index (χ3n) is 3.82. The van der Waals surface area contributed by atoms with Crippen molar-refractivity contribution in [3.63, 3.8) is 0 Å². The van der Waals surface area contributed by atoms with Crippen LogP contribution in [-0.4, -0.2) is 37.5 Å². The van der Waals surface area contributed by atoms with Crippen molar-refractivity contribution in [2.45, 2.75) is 27.3 Å². The predicted octanol–water partition coefficient (Wildman–Crippen LogP) is 2.89. The van der Waals surface area contributed by atoms with Crippen LogP contribution < -0.4 is 0 Å². The van der Waals surface area contributed by atoms with E-state index >= 15 is 0 Å². The second-order valence-electron chi connectivity index (χ2n) is 6.17. The molecule has 2 aromatic heterocycles. The Hall–Kier alpha value is -2.63. The third kappa shape index (κ3) is 3.11. The highest BCUT2D eigenvalue weighted by atomic mass is 16.2. The normalized spacial score (nSPS) is 11.3. The smallest absolute Gasteiger partial charge is 0.275 e. The fourth-order valence-electron chi connectivity index (χ4n) is 2.66. The summed E-state index contributed by atoms with van der Waals surface area (Å²) in [6.45, 7) is 7.30. The van der Waals surface area contributed by atoms with E-state index in [9.17, 15) is 4.79 Å². The molecule has 1 aromatic carbocycles. The number of hydrogen-bond acceptors (Lipinski definition) is 3. The Morgan fingerprint density at radius 2 is 2.09 bits per heavy atom. The lowest BCUT2D eigenvalue weighted by Gasteiger charge is -2.23. The lowest BCUT2D eigenvalue weighted by Crippen LogP contribution is -2.34. The molecule has 6 nitrogen and oxygen atoms in total. The standard InChI is InChI=1S/C17H21N5O/c1-11(2)8-22(9-15-12(3)18-10-19-15)17(23)16-13-6-4-5-7-14(13)20-21-16/h4-7,10-11H,8-9H2,1-3H3,(H,18,19)(H,20,21). The maximum atomic E-state index is 13.0. The van der Waals surface area contributed by atoms with Gasteiger partial charge in [-0.15, -0.1) is 0 Å². The highest BCUT2D eigenvalue weighted by molar-refractivity contribution is 6.04. The van der Waals surface area contributed by atoms with Crippen molar-refractivity contribution in [3.05, 3.63) is 47.7 Å². The molecule has 0 atom stereocenters. The molecular weight excluding hydrogens is 290 g/mol. The van der Waals surface area contributed by atoms with E-state index in [2.05, 4.69) is 34.0 Å². The first-order chi connectivity index (χ1) is 11.1. The SMILES string of the molecule is Cc1[nH]cnc1CN(CC(C)C)C(=O)c1n[nH]c2ccccc12. The van der Waals surface area contributed by atoms with Crippen molar-refractivity contribution >= 4 is 16.8 Å². The lowest BCUT2D eigenvalue weighted by molar-refractivity contribution is 0.0716. The van der Waals surface area contributed by atoms with Crippen LogP contribution >= 0.6 is 0 Å². The summed E-state index contributed by atoms with van der Waals surface area (Å²) in [4.78, 5) is 22.2. The fourth-order valence-corrected chi connectivity index (χ4v) is 2.66. The van der Waals surface area contributed by atoms with E-state index in [1.165, 1.54) is 0 Å². The molecule has 0 unspecified atom stereocenters. The van der Waals surface area contributed by atoms with Gasteiger partial charge in [-0.3, -0.25) is 9.89 Å². The highest BCUT2D eigenvalue weighted by Crippen LogP contribution is 2.19. The minimum absolute atomic E-state index is 0.0708. The quantitative estimate of drug-likeness (QED) is 0.760. The molecule has 0 aliphatic heterocycles. The van der Waals surface area contributed by atoms with Gasteiger partial charge in [-0.1, -0.05) is 32.0 Å². The summed E-state index contributed by atoms with van der Waals surface area (Å²) in [6.07, 6.45) is 1.66. The molecule has 0 spiro atoms. The average Bonchev–Trinajstić information content (AvgIpc) is 3.12. The minimum Gasteiger partial charge on any atom is -0.348 e. The van der Waals surface area contributed by atoms with E-state index in [0.29, 0.717) is 24.7 Å². The summed E-state index contributed by atoms with van der Waals surface area (Å²) >= 11 is 0. The molecule has 2 N–H and O–H groups in total. The first kappa shape index (κ1) is 15.3. The molecule has 0 saturated carbocycles. The molecule has 23 heavy (non-hydrogen) atoms. The summed E-state index contributed by atoms with van der Waals surface area (Å²) in [6, 6.07) is 7.68. The summed E-state index contributed by atoms with van der Waals surface area (Å²) in [5.74, 6) is 0.293. The second-order valence-corrected chi connectivity index (χ2v) is 6.17. The molecule has 120 valence electrons. The van der Waals surface area contributed by atoms with E-state index in [-0.39, 0.29) is 5.91 Å². The number of para-hydroxylation sites is 1. The molecule has 0 saturated heterocycles. The van der Waals surface area contributed by atoms with E-state index in [1.807, 2.05) is 36.1 Å². The van der Waals surface area contributed by atoms with Gasteiger partial charge < -0.3 is 9.88 Å². The van der Waals surface area contributed by atoms with Crippen LogP contribution in [0.25, 0.3) is 10.9 Å². The molecule has 0 bridgehead atoms.